The van der Waals surface area contributed by atoms with Crippen molar-refractivity contribution in [2.24, 2.45) is 11.8 Å². The molecule has 1 spiro atoms. The molecule has 2 amide bonds. The average Bonchev–Trinajstić information content (AvgIpc) is 3.51. The number of ether oxygens (including phenoxy) is 2. The van der Waals surface area contributed by atoms with Gasteiger partial charge in [-0.25, -0.2) is 0 Å². The van der Waals surface area contributed by atoms with Crippen molar-refractivity contribution in [1.29, 1.82) is 0 Å². The van der Waals surface area contributed by atoms with Gasteiger partial charge in [0.15, 0.2) is 0 Å². The van der Waals surface area contributed by atoms with E-state index in [0.717, 1.165) is 18.4 Å². The van der Waals surface area contributed by atoms with Crippen LogP contribution >= 0.6 is 15.9 Å². The van der Waals surface area contributed by atoms with E-state index in [4.69, 9.17) is 9.47 Å². The number of likely N-dealkylation sites (tertiary alicyclic amines) is 1. The Bertz CT molecular complexity index is 1050. The number of alkyl halides is 1. The Morgan fingerprint density at radius 1 is 1.32 bits per heavy atom. The van der Waals surface area contributed by atoms with Crippen LogP contribution in [0.15, 0.2) is 55.6 Å². The van der Waals surface area contributed by atoms with E-state index >= 15 is 0 Å². The van der Waals surface area contributed by atoms with Gasteiger partial charge in [0.05, 0.1) is 30.6 Å². The quantitative estimate of drug-likeness (QED) is 0.216. The number of aliphatic hydroxyl groups excluding tert-OH is 1. The first-order valence-electron chi connectivity index (χ1n) is 13.3. The molecule has 3 fully saturated rings. The lowest BCUT2D eigenvalue weighted by atomic mass is 9.70. The van der Waals surface area contributed by atoms with Crippen LogP contribution in [-0.2, 0) is 30.3 Å². The van der Waals surface area contributed by atoms with Crippen LogP contribution in [0.4, 0.5) is 0 Å². The van der Waals surface area contributed by atoms with Gasteiger partial charge in [0.1, 0.15) is 18.2 Å². The smallest absolute Gasteiger partial charge is 0.312 e. The van der Waals surface area contributed by atoms with Crippen LogP contribution < -0.4 is 0 Å². The van der Waals surface area contributed by atoms with E-state index in [1.165, 1.54) is 11.0 Å². The van der Waals surface area contributed by atoms with Gasteiger partial charge in [0, 0.05) is 17.9 Å². The fourth-order valence-corrected chi connectivity index (χ4v) is 7.30. The topological polar surface area (TPSA) is 96.4 Å². The van der Waals surface area contributed by atoms with Crippen LogP contribution in [0.3, 0.4) is 0 Å². The van der Waals surface area contributed by atoms with Gasteiger partial charge in [-0.05, 0) is 24.8 Å². The maximum atomic E-state index is 14.3. The lowest BCUT2D eigenvalue weighted by molar-refractivity contribution is -0.155. The number of carbonyl (C=O) groups is 3. The maximum absolute atomic E-state index is 14.3. The summed E-state index contributed by atoms with van der Waals surface area (Å²) in [5.74, 6) is -2.88. The first-order chi connectivity index (χ1) is 18.3. The zero-order valence-electron chi connectivity index (χ0n) is 21.8. The number of carbonyl (C=O) groups excluding carboxylic acids is 3. The van der Waals surface area contributed by atoms with Gasteiger partial charge in [-0.2, -0.15) is 0 Å². The number of hydrogen-bond donors (Lipinski definition) is 1. The number of amides is 2. The van der Waals surface area contributed by atoms with E-state index in [1.807, 2.05) is 30.3 Å². The molecule has 1 aromatic carbocycles. The molecule has 9 heteroatoms. The van der Waals surface area contributed by atoms with Gasteiger partial charge >= 0.3 is 5.97 Å². The minimum atomic E-state index is -1.21. The Hall–Kier alpha value is -2.49. The molecular formula is C29H37BrN2O6. The molecule has 3 unspecified atom stereocenters. The highest BCUT2D eigenvalue weighted by Gasteiger charge is 2.77. The number of unbranched alkanes of at least 4 members (excludes halogenated alkanes) is 1. The van der Waals surface area contributed by atoms with Gasteiger partial charge in [-0.15, -0.1) is 6.58 Å². The summed E-state index contributed by atoms with van der Waals surface area (Å²) in [6.45, 7) is 10.00. The van der Waals surface area contributed by atoms with Crippen LogP contribution in [0.5, 0.6) is 0 Å². The summed E-state index contributed by atoms with van der Waals surface area (Å²) in [7, 11) is 0. The second kappa shape index (κ2) is 12.1. The summed E-state index contributed by atoms with van der Waals surface area (Å²) in [6.07, 6.45) is 5.01. The molecule has 38 heavy (non-hydrogen) atoms. The summed E-state index contributed by atoms with van der Waals surface area (Å²) < 4.78 is 11.9. The van der Waals surface area contributed by atoms with E-state index in [1.54, 1.807) is 11.0 Å². The predicted molar refractivity (Wildman–Crippen MR) is 146 cm³/mol. The first-order valence-corrected chi connectivity index (χ1v) is 14.2. The molecular weight excluding hydrogens is 552 g/mol. The van der Waals surface area contributed by atoms with Crippen LogP contribution in [0, 0.1) is 11.8 Å². The zero-order chi connectivity index (χ0) is 27.4. The minimum absolute atomic E-state index is 0.0202. The third-order valence-electron chi connectivity index (χ3n) is 7.94. The molecule has 0 radical (unpaired) electrons. The summed E-state index contributed by atoms with van der Waals surface area (Å²) in [5.41, 5.74) is -0.278. The molecule has 3 aliphatic heterocycles. The van der Waals surface area contributed by atoms with E-state index in [0.29, 0.717) is 25.9 Å². The largest absolute Gasteiger partial charge is 0.461 e. The van der Waals surface area contributed by atoms with Crippen molar-refractivity contribution in [1.82, 2.24) is 9.80 Å². The summed E-state index contributed by atoms with van der Waals surface area (Å²) in [6, 6.07) is 7.89. The standard InChI is InChI=1S/C29H37BrN2O6/c1-4-7-14-31(13-5-2)27(35)25-29-17-21(30)24(38-29)22(28(36)37-15-6-3)23(29)26(34)32(25)20(18-33)16-19-11-9-8-10-12-19/h5-6,8-12,20-25,33H,2-4,7,13-18H2,1H3/t20-,21?,22-,23+,24-,25?,29?/m1/s1. The summed E-state index contributed by atoms with van der Waals surface area (Å²) in [4.78, 5) is 44.8. The van der Waals surface area contributed by atoms with Crippen molar-refractivity contribution in [2.75, 3.05) is 26.3 Å². The number of esters is 1. The number of fused-ring (bicyclic) bond motifs is 1. The normalized spacial score (nSPS) is 30.1. The van der Waals surface area contributed by atoms with Crippen LogP contribution in [0.2, 0.25) is 0 Å². The molecule has 2 bridgehead atoms. The molecule has 206 valence electrons. The highest BCUT2D eigenvalue weighted by atomic mass is 79.9. The van der Waals surface area contributed by atoms with Crippen LogP contribution in [0.25, 0.3) is 0 Å². The van der Waals surface area contributed by atoms with Gasteiger partial charge in [0.25, 0.3) is 0 Å². The van der Waals surface area contributed by atoms with Gasteiger partial charge in [-0.1, -0.05) is 78.3 Å². The first kappa shape index (κ1) is 28.5. The number of halogens is 1. The molecule has 3 heterocycles. The van der Waals surface area contributed by atoms with E-state index in [-0.39, 0.29) is 29.9 Å². The molecule has 4 rings (SSSR count). The molecule has 8 nitrogen and oxygen atoms in total. The Kier molecular flexibility index (Phi) is 9.11. The molecule has 3 aliphatic rings. The second-order valence-corrected chi connectivity index (χ2v) is 11.5. The molecule has 0 saturated carbocycles. The Labute approximate surface area is 232 Å². The number of hydrogen-bond acceptors (Lipinski definition) is 6. The second-order valence-electron chi connectivity index (χ2n) is 10.3. The van der Waals surface area contributed by atoms with Crippen LogP contribution in [0.1, 0.15) is 31.7 Å². The number of rotatable bonds is 13. The Morgan fingerprint density at radius 2 is 2.05 bits per heavy atom. The van der Waals surface area contributed by atoms with E-state index < -0.39 is 41.6 Å². The number of nitrogens with zero attached hydrogens (tertiary/aromatic N) is 2. The van der Waals surface area contributed by atoms with Gasteiger partial charge in [-0.3, -0.25) is 14.4 Å². The van der Waals surface area contributed by atoms with Gasteiger partial charge in [0.2, 0.25) is 11.8 Å². The van der Waals surface area contributed by atoms with Crippen molar-refractivity contribution in [3.8, 4) is 0 Å². The summed E-state index contributed by atoms with van der Waals surface area (Å²) >= 11 is 3.66. The van der Waals surface area contributed by atoms with E-state index in [2.05, 4.69) is 36.0 Å². The van der Waals surface area contributed by atoms with Gasteiger partial charge < -0.3 is 24.4 Å². The van der Waals surface area contributed by atoms with Crippen molar-refractivity contribution in [3.63, 3.8) is 0 Å². The van der Waals surface area contributed by atoms with E-state index in [9.17, 15) is 19.5 Å². The monoisotopic (exact) mass is 588 g/mol. The molecule has 0 aromatic heterocycles. The molecule has 7 atom stereocenters. The van der Waals surface area contributed by atoms with Crippen molar-refractivity contribution < 1.29 is 29.0 Å². The third kappa shape index (κ3) is 4.96. The number of benzene rings is 1. The van der Waals surface area contributed by atoms with Crippen molar-refractivity contribution >= 4 is 33.7 Å². The Morgan fingerprint density at radius 3 is 2.68 bits per heavy atom. The number of aliphatic hydroxyl groups is 1. The zero-order valence-corrected chi connectivity index (χ0v) is 23.4. The fourth-order valence-electron chi connectivity index (χ4n) is 6.35. The lowest BCUT2D eigenvalue weighted by Crippen LogP contribution is -2.59. The molecule has 1 aromatic rings. The highest BCUT2D eigenvalue weighted by molar-refractivity contribution is 9.09. The molecule has 1 N–H and O–H groups in total. The fraction of sp³-hybridized carbons (Fsp3) is 0.552. The van der Waals surface area contributed by atoms with Crippen molar-refractivity contribution in [3.05, 3.63) is 61.2 Å². The summed E-state index contributed by atoms with van der Waals surface area (Å²) in [5, 5.41) is 10.5. The average molecular weight is 590 g/mol. The SMILES string of the molecule is C=CCOC(=O)[C@H]1[C@@H]2OC3(CC2Br)C(C(=O)N(CC=C)CCCC)N([C@@H](CO)Cc2ccccc2)C(=O)[C@H]13. The Balaban J connectivity index is 1.78. The molecule has 3 saturated heterocycles. The maximum Gasteiger partial charge on any atom is 0.312 e. The third-order valence-corrected chi connectivity index (χ3v) is 8.78. The molecule has 0 aliphatic carbocycles. The van der Waals surface area contributed by atoms with Crippen molar-refractivity contribution in [2.45, 2.75) is 61.2 Å². The predicted octanol–water partition coefficient (Wildman–Crippen LogP) is 2.88. The van der Waals surface area contributed by atoms with Crippen LogP contribution in [-0.4, -0.2) is 87.6 Å². The minimum Gasteiger partial charge on any atom is -0.461 e. The lowest BCUT2D eigenvalue weighted by Gasteiger charge is -2.39. The highest BCUT2D eigenvalue weighted by Crippen LogP contribution is 2.60.